The fourth-order valence-corrected chi connectivity index (χ4v) is 3.59. The SMILES string of the molecule is COC(=O)[C@@H]1[C@H](C(=O)OC)CN2[C@H](c3ccccc3)COC(=O)[C@@H]12. The summed E-state index contributed by atoms with van der Waals surface area (Å²) in [5.41, 5.74) is 0.962. The van der Waals surface area contributed by atoms with Gasteiger partial charge in [0.15, 0.2) is 0 Å². The first kappa shape index (κ1) is 16.4. The van der Waals surface area contributed by atoms with Gasteiger partial charge in [-0.15, -0.1) is 0 Å². The number of carbonyl (C=O) groups is 3. The second-order valence-corrected chi connectivity index (χ2v) is 5.88. The molecule has 3 rings (SSSR count). The first-order chi connectivity index (χ1) is 11.6. The van der Waals surface area contributed by atoms with Crippen molar-refractivity contribution in [3.63, 3.8) is 0 Å². The van der Waals surface area contributed by atoms with E-state index in [-0.39, 0.29) is 19.2 Å². The summed E-state index contributed by atoms with van der Waals surface area (Å²) in [4.78, 5) is 38.5. The molecule has 2 heterocycles. The minimum Gasteiger partial charge on any atom is -0.469 e. The van der Waals surface area contributed by atoms with Gasteiger partial charge in [-0.25, -0.2) is 0 Å². The van der Waals surface area contributed by atoms with Crippen LogP contribution in [0.1, 0.15) is 11.6 Å². The Bertz CT molecular complexity index is 646. The molecule has 2 aliphatic heterocycles. The molecule has 0 aliphatic carbocycles. The van der Waals surface area contributed by atoms with Crippen LogP contribution < -0.4 is 0 Å². The highest BCUT2D eigenvalue weighted by atomic mass is 16.5. The van der Waals surface area contributed by atoms with Crippen LogP contribution in [0.25, 0.3) is 0 Å². The van der Waals surface area contributed by atoms with E-state index in [1.54, 1.807) is 0 Å². The summed E-state index contributed by atoms with van der Waals surface area (Å²) in [7, 11) is 2.50. The molecule has 2 fully saturated rings. The van der Waals surface area contributed by atoms with E-state index in [9.17, 15) is 14.4 Å². The predicted molar refractivity (Wildman–Crippen MR) is 81.6 cm³/mol. The van der Waals surface area contributed by atoms with E-state index in [1.807, 2.05) is 35.2 Å². The number of cyclic esters (lactones) is 1. The van der Waals surface area contributed by atoms with Gasteiger partial charge in [0.05, 0.1) is 32.1 Å². The highest BCUT2D eigenvalue weighted by Gasteiger charge is 2.57. The van der Waals surface area contributed by atoms with Crippen molar-refractivity contribution in [1.82, 2.24) is 4.90 Å². The highest BCUT2D eigenvalue weighted by molar-refractivity contribution is 5.91. The summed E-state index contributed by atoms with van der Waals surface area (Å²) in [6.07, 6.45) is 0. The Labute approximate surface area is 139 Å². The van der Waals surface area contributed by atoms with Crippen molar-refractivity contribution in [2.75, 3.05) is 27.4 Å². The zero-order valence-electron chi connectivity index (χ0n) is 13.5. The van der Waals surface area contributed by atoms with E-state index in [0.717, 1.165) is 5.56 Å². The number of hydrogen-bond donors (Lipinski definition) is 0. The molecule has 0 unspecified atom stereocenters. The fourth-order valence-electron chi connectivity index (χ4n) is 3.59. The number of esters is 3. The third-order valence-corrected chi connectivity index (χ3v) is 4.73. The van der Waals surface area contributed by atoms with Gasteiger partial charge < -0.3 is 14.2 Å². The molecule has 0 spiro atoms. The molecule has 7 heteroatoms. The van der Waals surface area contributed by atoms with Gasteiger partial charge in [0.25, 0.3) is 0 Å². The second kappa shape index (κ2) is 6.60. The molecule has 128 valence electrons. The Morgan fingerprint density at radius 3 is 2.42 bits per heavy atom. The van der Waals surface area contributed by atoms with Crippen LogP contribution in [-0.2, 0) is 28.6 Å². The zero-order chi connectivity index (χ0) is 17.3. The Morgan fingerprint density at radius 2 is 1.79 bits per heavy atom. The largest absolute Gasteiger partial charge is 0.469 e. The number of methoxy groups -OCH3 is 2. The van der Waals surface area contributed by atoms with Crippen molar-refractivity contribution in [2.45, 2.75) is 12.1 Å². The molecule has 7 nitrogen and oxygen atoms in total. The van der Waals surface area contributed by atoms with E-state index < -0.39 is 35.8 Å². The monoisotopic (exact) mass is 333 g/mol. The Hall–Kier alpha value is -2.41. The zero-order valence-corrected chi connectivity index (χ0v) is 13.5. The van der Waals surface area contributed by atoms with E-state index in [4.69, 9.17) is 14.2 Å². The van der Waals surface area contributed by atoms with Gasteiger partial charge in [-0.3, -0.25) is 19.3 Å². The van der Waals surface area contributed by atoms with Gasteiger partial charge in [-0.2, -0.15) is 0 Å². The predicted octanol–water partition coefficient (Wildman–Crippen LogP) is 0.547. The molecule has 2 aliphatic rings. The molecule has 1 aromatic carbocycles. The summed E-state index contributed by atoms with van der Waals surface area (Å²) >= 11 is 0. The number of ether oxygens (including phenoxy) is 3. The van der Waals surface area contributed by atoms with Crippen molar-refractivity contribution < 1.29 is 28.6 Å². The molecule has 4 atom stereocenters. The molecule has 24 heavy (non-hydrogen) atoms. The Morgan fingerprint density at radius 1 is 1.12 bits per heavy atom. The molecular formula is C17H19NO6. The smallest absolute Gasteiger partial charge is 0.324 e. The molecule has 2 saturated heterocycles. The number of hydrogen-bond acceptors (Lipinski definition) is 7. The maximum absolute atomic E-state index is 12.3. The van der Waals surface area contributed by atoms with Crippen molar-refractivity contribution in [3.8, 4) is 0 Å². The minimum atomic E-state index is -0.929. The normalized spacial score (nSPS) is 29.5. The van der Waals surface area contributed by atoms with Crippen molar-refractivity contribution >= 4 is 17.9 Å². The molecular weight excluding hydrogens is 314 g/mol. The van der Waals surface area contributed by atoms with Gasteiger partial charge in [-0.05, 0) is 5.56 Å². The van der Waals surface area contributed by atoms with Crippen LogP contribution in [0.4, 0.5) is 0 Å². The van der Waals surface area contributed by atoms with E-state index in [0.29, 0.717) is 0 Å². The number of carbonyl (C=O) groups excluding carboxylic acids is 3. The van der Waals surface area contributed by atoms with Crippen LogP contribution in [0.3, 0.4) is 0 Å². The standard InChI is InChI=1S/C17H19NO6/c1-22-15(19)11-8-18-12(10-6-4-3-5-7-10)9-24-17(21)14(18)13(11)16(20)23-2/h3-7,11-14H,8-9H2,1-2H3/t11-,12+,13-,14-/m1/s1. The van der Waals surface area contributed by atoms with Crippen LogP contribution >= 0.6 is 0 Å². The van der Waals surface area contributed by atoms with Crippen molar-refractivity contribution in [2.24, 2.45) is 11.8 Å². The quantitative estimate of drug-likeness (QED) is 0.590. The van der Waals surface area contributed by atoms with Crippen LogP contribution in [0.2, 0.25) is 0 Å². The maximum atomic E-state index is 12.3. The molecule has 0 amide bonds. The first-order valence-electron chi connectivity index (χ1n) is 7.71. The van der Waals surface area contributed by atoms with Crippen LogP contribution in [-0.4, -0.2) is 56.2 Å². The summed E-state index contributed by atoms with van der Waals surface area (Å²) in [5, 5.41) is 0. The maximum Gasteiger partial charge on any atom is 0.324 e. The highest BCUT2D eigenvalue weighted by Crippen LogP contribution is 2.41. The third-order valence-electron chi connectivity index (χ3n) is 4.73. The number of benzene rings is 1. The number of fused-ring (bicyclic) bond motifs is 1. The lowest BCUT2D eigenvalue weighted by molar-refractivity contribution is -0.168. The molecule has 0 saturated carbocycles. The lowest BCUT2D eigenvalue weighted by Crippen LogP contribution is -2.50. The number of rotatable bonds is 3. The Balaban J connectivity index is 1.98. The summed E-state index contributed by atoms with van der Waals surface area (Å²) < 4.78 is 14.9. The average Bonchev–Trinajstić information content (AvgIpc) is 3.02. The average molecular weight is 333 g/mol. The lowest BCUT2D eigenvalue weighted by Gasteiger charge is -2.37. The van der Waals surface area contributed by atoms with Crippen LogP contribution in [0.15, 0.2) is 30.3 Å². The molecule has 0 bridgehead atoms. The topological polar surface area (TPSA) is 82.1 Å². The number of morpholine rings is 1. The van der Waals surface area contributed by atoms with Crippen LogP contribution in [0, 0.1) is 11.8 Å². The van der Waals surface area contributed by atoms with Gasteiger partial charge in [0, 0.05) is 6.54 Å². The fraction of sp³-hybridized carbons (Fsp3) is 0.471. The first-order valence-corrected chi connectivity index (χ1v) is 7.71. The van der Waals surface area contributed by atoms with Crippen molar-refractivity contribution in [1.29, 1.82) is 0 Å². The molecule has 0 radical (unpaired) electrons. The summed E-state index contributed by atoms with van der Waals surface area (Å²) in [5.74, 6) is -3.34. The van der Waals surface area contributed by atoms with E-state index in [1.165, 1.54) is 14.2 Å². The summed E-state index contributed by atoms with van der Waals surface area (Å²) in [6, 6.07) is 8.49. The van der Waals surface area contributed by atoms with Gasteiger partial charge >= 0.3 is 17.9 Å². The minimum absolute atomic E-state index is 0.182. The van der Waals surface area contributed by atoms with E-state index in [2.05, 4.69) is 0 Å². The summed E-state index contributed by atoms with van der Waals surface area (Å²) in [6.45, 7) is 0.424. The van der Waals surface area contributed by atoms with Gasteiger partial charge in [0.1, 0.15) is 12.6 Å². The van der Waals surface area contributed by atoms with Gasteiger partial charge in [-0.1, -0.05) is 30.3 Å². The van der Waals surface area contributed by atoms with Crippen LogP contribution in [0.5, 0.6) is 0 Å². The second-order valence-electron chi connectivity index (χ2n) is 5.88. The molecule has 0 aromatic heterocycles. The molecule has 1 aromatic rings. The van der Waals surface area contributed by atoms with Crippen molar-refractivity contribution in [3.05, 3.63) is 35.9 Å². The Kier molecular flexibility index (Phi) is 4.53. The lowest BCUT2D eigenvalue weighted by atomic mass is 9.90. The molecule has 0 N–H and O–H groups in total. The third kappa shape index (κ3) is 2.65. The van der Waals surface area contributed by atoms with E-state index >= 15 is 0 Å². The van der Waals surface area contributed by atoms with Gasteiger partial charge in [0.2, 0.25) is 0 Å². The number of nitrogens with zero attached hydrogens (tertiary/aromatic N) is 1.